The van der Waals surface area contributed by atoms with Gasteiger partial charge in [-0.15, -0.1) is 0 Å². The van der Waals surface area contributed by atoms with Gasteiger partial charge in [0.1, 0.15) is 11.3 Å². The standard InChI is InChI=1S/C17H21N3O4/c1-10(11-4-5-11)14(21)19-20-15(22)17(2,18-16(20)23)12-6-8-13(24-3)9-7-12/h6-11H,4-5H2,1-3H3,(H,18,23)(H,19,21)/t10-,17+/m1/s1. The molecule has 1 saturated heterocycles. The molecule has 1 aliphatic carbocycles. The Morgan fingerprint density at radius 2 is 1.96 bits per heavy atom. The van der Waals surface area contributed by atoms with Crippen molar-refractivity contribution in [2.24, 2.45) is 11.8 Å². The van der Waals surface area contributed by atoms with E-state index in [1.165, 1.54) is 0 Å². The number of methoxy groups -OCH3 is 1. The van der Waals surface area contributed by atoms with Crippen LogP contribution in [0.1, 0.15) is 32.3 Å². The van der Waals surface area contributed by atoms with E-state index in [9.17, 15) is 14.4 Å². The van der Waals surface area contributed by atoms with Crippen LogP contribution in [0.5, 0.6) is 5.75 Å². The minimum absolute atomic E-state index is 0.210. The number of urea groups is 1. The summed E-state index contributed by atoms with van der Waals surface area (Å²) in [5, 5.41) is 3.44. The number of benzene rings is 1. The van der Waals surface area contributed by atoms with Crippen molar-refractivity contribution in [3.63, 3.8) is 0 Å². The van der Waals surface area contributed by atoms with E-state index in [1.54, 1.807) is 38.3 Å². The fourth-order valence-electron chi connectivity index (χ4n) is 2.88. The van der Waals surface area contributed by atoms with Crippen LogP contribution < -0.4 is 15.5 Å². The number of hydrogen-bond acceptors (Lipinski definition) is 4. The van der Waals surface area contributed by atoms with Crippen LogP contribution in [0.25, 0.3) is 0 Å². The minimum Gasteiger partial charge on any atom is -0.497 e. The zero-order valence-electron chi connectivity index (χ0n) is 14.0. The van der Waals surface area contributed by atoms with Crippen LogP contribution in [0.3, 0.4) is 0 Å². The van der Waals surface area contributed by atoms with Crippen LogP contribution in [0.4, 0.5) is 4.79 Å². The molecule has 1 heterocycles. The second-order valence-electron chi connectivity index (χ2n) is 6.53. The minimum atomic E-state index is -1.22. The molecule has 24 heavy (non-hydrogen) atoms. The Hall–Kier alpha value is -2.57. The second kappa shape index (κ2) is 5.81. The highest BCUT2D eigenvalue weighted by Gasteiger charge is 2.50. The number of hydrogen-bond donors (Lipinski definition) is 2. The molecule has 7 nitrogen and oxygen atoms in total. The summed E-state index contributed by atoms with van der Waals surface area (Å²) in [5.41, 5.74) is 1.85. The maximum absolute atomic E-state index is 12.7. The van der Waals surface area contributed by atoms with Crippen LogP contribution in [0.2, 0.25) is 0 Å². The molecule has 1 aromatic carbocycles. The van der Waals surface area contributed by atoms with E-state index in [0.29, 0.717) is 17.2 Å². The Morgan fingerprint density at radius 3 is 2.50 bits per heavy atom. The van der Waals surface area contributed by atoms with Gasteiger partial charge < -0.3 is 10.1 Å². The predicted molar refractivity (Wildman–Crippen MR) is 85.8 cm³/mol. The Labute approximate surface area is 140 Å². The lowest BCUT2D eigenvalue weighted by Gasteiger charge is -2.23. The molecular weight excluding hydrogens is 310 g/mol. The van der Waals surface area contributed by atoms with Crippen molar-refractivity contribution in [3.8, 4) is 5.75 Å². The van der Waals surface area contributed by atoms with Gasteiger partial charge in [-0.2, -0.15) is 5.01 Å². The first-order chi connectivity index (χ1) is 11.4. The van der Waals surface area contributed by atoms with E-state index >= 15 is 0 Å². The zero-order chi connectivity index (χ0) is 17.5. The number of nitrogens with zero attached hydrogens (tertiary/aromatic N) is 1. The average molecular weight is 331 g/mol. The van der Waals surface area contributed by atoms with Crippen molar-refractivity contribution >= 4 is 17.8 Å². The highest BCUT2D eigenvalue weighted by molar-refractivity contribution is 6.08. The van der Waals surface area contributed by atoms with Gasteiger partial charge in [-0.25, -0.2) is 4.79 Å². The number of amides is 4. The third-order valence-electron chi connectivity index (χ3n) is 4.82. The van der Waals surface area contributed by atoms with E-state index in [1.807, 2.05) is 6.92 Å². The fourth-order valence-corrected chi connectivity index (χ4v) is 2.88. The van der Waals surface area contributed by atoms with E-state index in [4.69, 9.17) is 4.74 Å². The second-order valence-corrected chi connectivity index (χ2v) is 6.53. The number of ether oxygens (including phenoxy) is 1. The number of carbonyl (C=O) groups is 3. The summed E-state index contributed by atoms with van der Waals surface area (Å²) in [5.74, 6) is -0.0197. The number of imide groups is 1. The van der Waals surface area contributed by atoms with Gasteiger partial charge in [-0.1, -0.05) is 19.1 Å². The lowest BCUT2D eigenvalue weighted by molar-refractivity contribution is -0.140. The van der Waals surface area contributed by atoms with E-state index in [0.717, 1.165) is 17.9 Å². The van der Waals surface area contributed by atoms with Gasteiger partial charge in [0.2, 0.25) is 5.91 Å². The van der Waals surface area contributed by atoms with E-state index < -0.39 is 17.5 Å². The third kappa shape index (κ3) is 2.70. The lowest BCUT2D eigenvalue weighted by atomic mass is 9.92. The quantitative estimate of drug-likeness (QED) is 0.801. The largest absolute Gasteiger partial charge is 0.497 e. The molecule has 0 unspecified atom stereocenters. The molecule has 1 aromatic rings. The maximum atomic E-state index is 12.7. The Morgan fingerprint density at radius 1 is 1.33 bits per heavy atom. The van der Waals surface area contributed by atoms with Gasteiger partial charge >= 0.3 is 6.03 Å². The van der Waals surface area contributed by atoms with Gasteiger partial charge in [-0.05, 0) is 43.4 Å². The Balaban J connectivity index is 1.77. The molecule has 1 aliphatic heterocycles. The molecule has 2 atom stereocenters. The van der Waals surface area contributed by atoms with Crippen molar-refractivity contribution in [2.75, 3.05) is 7.11 Å². The number of nitrogens with one attached hydrogen (secondary N) is 2. The SMILES string of the molecule is COc1ccc([C@]2(C)NC(=O)N(NC(=O)[C@H](C)C3CC3)C2=O)cc1. The molecule has 2 aliphatic rings. The first kappa shape index (κ1) is 16.3. The Kier molecular flexibility index (Phi) is 3.95. The van der Waals surface area contributed by atoms with Crippen LogP contribution in [-0.4, -0.2) is 30.0 Å². The topological polar surface area (TPSA) is 87.7 Å². The summed E-state index contributed by atoms with van der Waals surface area (Å²) in [7, 11) is 1.55. The fraction of sp³-hybridized carbons (Fsp3) is 0.471. The summed E-state index contributed by atoms with van der Waals surface area (Å²) >= 11 is 0. The number of hydrazine groups is 1. The average Bonchev–Trinajstić information content (AvgIpc) is 3.39. The van der Waals surface area contributed by atoms with Gasteiger partial charge in [0.05, 0.1) is 7.11 Å². The van der Waals surface area contributed by atoms with Gasteiger partial charge in [0.25, 0.3) is 5.91 Å². The van der Waals surface area contributed by atoms with Crippen LogP contribution >= 0.6 is 0 Å². The molecule has 0 aromatic heterocycles. The Bertz CT molecular complexity index is 684. The molecule has 2 N–H and O–H groups in total. The predicted octanol–water partition coefficient (Wildman–Crippen LogP) is 1.54. The molecule has 4 amide bonds. The third-order valence-corrected chi connectivity index (χ3v) is 4.82. The number of rotatable bonds is 5. The molecule has 0 bridgehead atoms. The van der Waals surface area contributed by atoms with E-state index in [-0.39, 0.29) is 11.8 Å². The summed E-state index contributed by atoms with van der Waals surface area (Å²) in [4.78, 5) is 37.1. The number of carbonyl (C=O) groups excluding carboxylic acids is 3. The summed E-state index contributed by atoms with van der Waals surface area (Å²) in [6, 6.07) is 6.24. The molecule has 128 valence electrons. The highest BCUT2D eigenvalue weighted by Crippen LogP contribution is 2.37. The first-order valence-corrected chi connectivity index (χ1v) is 7.98. The van der Waals surface area contributed by atoms with Crippen molar-refractivity contribution < 1.29 is 19.1 Å². The maximum Gasteiger partial charge on any atom is 0.344 e. The molecule has 3 rings (SSSR count). The molecule has 7 heteroatoms. The monoisotopic (exact) mass is 331 g/mol. The van der Waals surface area contributed by atoms with Gasteiger partial charge in [-0.3, -0.25) is 15.0 Å². The summed E-state index contributed by atoms with van der Waals surface area (Å²) in [6.07, 6.45) is 2.02. The summed E-state index contributed by atoms with van der Waals surface area (Å²) in [6.45, 7) is 3.43. The van der Waals surface area contributed by atoms with E-state index in [2.05, 4.69) is 10.7 Å². The molecular formula is C17H21N3O4. The molecule has 1 saturated carbocycles. The van der Waals surface area contributed by atoms with Crippen LogP contribution in [0.15, 0.2) is 24.3 Å². The van der Waals surface area contributed by atoms with Crippen molar-refractivity contribution in [1.82, 2.24) is 15.8 Å². The zero-order valence-corrected chi connectivity index (χ0v) is 14.0. The highest BCUT2D eigenvalue weighted by atomic mass is 16.5. The van der Waals surface area contributed by atoms with Crippen molar-refractivity contribution in [2.45, 2.75) is 32.2 Å². The molecule has 2 fully saturated rings. The van der Waals surface area contributed by atoms with Crippen LogP contribution in [-0.2, 0) is 15.1 Å². The smallest absolute Gasteiger partial charge is 0.344 e. The van der Waals surface area contributed by atoms with Gasteiger partial charge in [0, 0.05) is 5.92 Å². The summed E-state index contributed by atoms with van der Waals surface area (Å²) < 4.78 is 5.10. The first-order valence-electron chi connectivity index (χ1n) is 7.98. The molecule has 0 radical (unpaired) electrons. The normalized spacial score (nSPS) is 24.5. The lowest BCUT2D eigenvalue weighted by Crippen LogP contribution is -2.49. The van der Waals surface area contributed by atoms with Crippen LogP contribution in [0, 0.1) is 11.8 Å². The van der Waals surface area contributed by atoms with Gasteiger partial charge in [0.15, 0.2) is 0 Å². The van der Waals surface area contributed by atoms with Crippen molar-refractivity contribution in [1.29, 1.82) is 0 Å². The van der Waals surface area contributed by atoms with Crippen molar-refractivity contribution in [3.05, 3.63) is 29.8 Å². The molecule has 0 spiro atoms.